The Labute approximate surface area is 115 Å². The molecule has 0 unspecified atom stereocenters. The summed E-state index contributed by atoms with van der Waals surface area (Å²) in [6.07, 6.45) is 2.70. The number of rotatable bonds is 7. The van der Waals surface area contributed by atoms with Gasteiger partial charge in [0.25, 0.3) is 0 Å². The lowest BCUT2D eigenvalue weighted by Gasteiger charge is -2.13. The SMILES string of the molecule is CC(C)CCNc1ccc(NS(=O)(=O)N(C)C)nc1. The van der Waals surface area contributed by atoms with Gasteiger partial charge in [-0.25, -0.2) is 4.98 Å². The van der Waals surface area contributed by atoms with Gasteiger partial charge in [0.05, 0.1) is 11.9 Å². The fourth-order valence-corrected chi connectivity index (χ4v) is 1.86. The Morgan fingerprint density at radius 3 is 2.47 bits per heavy atom. The first kappa shape index (κ1) is 15.7. The van der Waals surface area contributed by atoms with Crippen LogP contribution in [0.3, 0.4) is 0 Å². The van der Waals surface area contributed by atoms with Crippen LogP contribution >= 0.6 is 0 Å². The van der Waals surface area contributed by atoms with E-state index in [0.29, 0.717) is 11.7 Å². The van der Waals surface area contributed by atoms with Gasteiger partial charge >= 0.3 is 10.2 Å². The van der Waals surface area contributed by atoms with E-state index in [-0.39, 0.29) is 0 Å². The van der Waals surface area contributed by atoms with Crippen LogP contribution in [0.2, 0.25) is 0 Å². The van der Waals surface area contributed by atoms with Crippen LogP contribution in [-0.2, 0) is 10.2 Å². The topological polar surface area (TPSA) is 74.3 Å². The molecule has 0 aliphatic heterocycles. The molecule has 0 aromatic carbocycles. The summed E-state index contributed by atoms with van der Waals surface area (Å²) in [6, 6.07) is 3.44. The minimum atomic E-state index is -3.49. The smallest absolute Gasteiger partial charge is 0.302 e. The van der Waals surface area contributed by atoms with Crippen LogP contribution in [0.4, 0.5) is 11.5 Å². The third-order valence-corrected chi connectivity index (χ3v) is 3.96. The van der Waals surface area contributed by atoms with Crippen LogP contribution in [-0.4, -0.2) is 38.3 Å². The van der Waals surface area contributed by atoms with Crippen molar-refractivity contribution in [1.82, 2.24) is 9.29 Å². The predicted molar refractivity (Wildman–Crippen MR) is 78.4 cm³/mol. The maximum Gasteiger partial charge on any atom is 0.302 e. The highest BCUT2D eigenvalue weighted by atomic mass is 32.2. The number of nitrogens with zero attached hydrogens (tertiary/aromatic N) is 2. The van der Waals surface area contributed by atoms with E-state index >= 15 is 0 Å². The van der Waals surface area contributed by atoms with Crippen molar-refractivity contribution in [2.45, 2.75) is 20.3 Å². The number of nitrogens with one attached hydrogen (secondary N) is 2. The largest absolute Gasteiger partial charge is 0.384 e. The van der Waals surface area contributed by atoms with E-state index in [1.165, 1.54) is 14.1 Å². The molecule has 0 saturated carbocycles. The van der Waals surface area contributed by atoms with Crippen LogP contribution in [0.15, 0.2) is 18.3 Å². The molecule has 0 spiro atoms. The van der Waals surface area contributed by atoms with Crippen molar-refractivity contribution in [3.63, 3.8) is 0 Å². The zero-order valence-corrected chi connectivity index (χ0v) is 12.7. The lowest BCUT2D eigenvalue weighted by atomic mass is 10.1. The second-order valence-electron chi connectivity index (χ2n) is 4.93. The number of anilines is 2. The van der Waals surface area contributed by atoms with Crippen LogP contribution in [0.1, 0.15) is 20.3 Å². The Morgan fingerprint density at radius 2 is 2.00 bits per heavy atom. The van der Waals surface area contributed by atoms with Gasteiger partial charge in [0, 0.05) is 20.6 Å². The molecule has 2 N–H and O–H groups in total. The highest BCUT2D eigenvalue weighted by Crippen LogP contribution is 2.12. The molecule has 19 heavy (non-hydrogen) atoms. The lowest BCUT2D eigenvalue weighted by molar-refractivity contribution is 0.526. The van der Waals surface area contributed by atoms with E-state index in [1.54, 1.807) is 18.3 Å². The average Bonchev–Trinajstić information content (AvgIpc) is 2.30. The normalized spacial score (nSPS) is 11.9. The number of hydrogen-bond donors (Lipinski definition) is 2. The van der Waals surface area contributed by atoms with E-state index < -0.39 is 10.2 Å². The Balaban J connectivity index is 2.57. The van der Waals surface area contributed by atoms with Gasteiger partial charge in [-0.2, -0.15) is 12.7 Å². The van der Waals surface area contributed by atoms with Gasteiger partial charge in [0.15, 0.2) is 0 Å². The van der Waals surface area contributed by atoms with Crippen molar-refractivity contribution in [1.29, 1.82) is 0 Å². The molecule has 1 aromatic heterocycles. The van der Waals surface area contributed by atoms with Gasteiger partial charge < -0.3 is 5.32 Å². The summed E-state index contributed by atoms with van der Waals surface area (Å²) in [5.41, 5.74) is 0.883. The van der Waals surface area contributed by atoms with Crippen LogP contribution in [0.25, 0.3) is 0 Å². The molecule has 6 nitrogen and oxygen atoms in total. The van der Waals surface area contributed by atoms with Gasteiger partial charge in [0.2, 0.25) is 0 Å². The van der Waals surface area contributed by atoms with E-state index in [2.05, 4.69) is 28.9 Å². The first-order valence-electron chi connectivity index (χ1n) is 6.21. The summed E-state index contributed by atoms with van der Waals surface area (Å²) >= 11 is 0. The third kappa shape index (κ3) is 5.44. The maximum atomic E-state index is 11.6. The number of hydrogen-bond acceptors (Lipinski definition) is 4. The molecular formula is C12H22N4O2S. The molecule has 0 amide bonds. The summed E-state index contributed by atoms with van der Waals surface area (Å²) in [5, 5.41) is 3.24. The molecule has 1 aromatic rings. The predicted octanol–water partition coefficient (Wildman–Crippen LogP) is 1.76. The third-order valence-electron chi connectivity index (χ3n) is 2.53. The van der Waals surface area contributed by atoms with E-state index in [1.807, 2.05) is 0 Å². The first-order valence-corrected chi connectivity index (χ1v) is 7.65. The van der Waals surface area contributed by atoms with Gasteiger partial charge in [-0.05, 0) is 24.5 Å². The van der Waals surface area contributed by atoms with Gasteiger partial charge in [-0.15, -0.1) is 0 Å². The molecule has 1 heterocycles. The summed E-state index contributed by atoms with van der Waals surface area (Å²) in [5.74, 6) is 0.953. The summed E-state index contributed by atoms with van der Waals surface area (Å²) in [7, 11) is -0.567. The molecule has 1 rings (SSSR count). The fraction of sp³-hybridized carbons (Fsp3) is 0.583. The Morgan fingerprint density at radius 1 is 1.32 bits per heavy atom. The molecule has 108 valence electrons. The van der Waals surface area contributed by atoms with E-state index in [4.69, 9.17) is 0 Å². The van der Waals surface area contributed by atoms with Crippen LogP contribution in [0.5, 0.6) is 0 Å². The molecule has 0 fully saturated rings. The van der Waals surface area contributed by atoms with Crippen molar-refractivity contribution in [3.8, 4) is 0 Å². The average molecular weight is 286 g/mol. The van der Waals surface area contributed by atoms with Crippen LogP contribution < -0.4 is 10.0 Å². The minimum absolute atomic E-state index is 0.308. The molecule has 7 heteroatoms. The minimum Gasteiger partial charge on any atom is -0.384 e. The molecule has 0 aliphatic rings. The zero-order valence-electron chi connectivity index (χ0n) is 11.8. The van der Waals surface area contributed by atoms with Gasteiger partial charge in [-0.1, -0.05) is 13.8 Å². The maximum absolute atomic E-state index is 11.6. The summed E-state index contributed by atoms with van der Waals surface area (Å²) < 4.78 is 26.7. The van der Waals surface area contributed by atoms with Crippen molar-refractivity contribution in [2.75, 3.05) is 30.7 Å². The quantitative estimate of drug-likeness (QED) is 0.801. The van der Waals surface area contributed by atoms with Crippen molar-refractivity contribution in [3.05, 3.63) is 18.3 Å². The second kappa shape index (κ2) is 6.72. The number of aromatic nitrogens is 1. The molecule has 0 radical (unpaired) electrons. The van der Waals surface area contributed by atoms with Crippen molar-refractivity contribution >= 4 is 21.7 Å². The van der Waals surface area contributed by atoms with Crippen molar-refractivity contribution in [2.24, 2.45) is 5.92 Å². The Bertz CT molecular complexity index is 483. The first-order chi connectivity index (χ1) is 8.81. The second-order valence-corrected chi connectivity index (χ2v) is 6.82. The zero-order chi connectivity index (χ0) is 14.5. The Kier molecular flexibility index (Phi) is 5.56. The number of pyridine rings is 1. The monoisotopic (exact) mass is 286 g/mol. The standard InChI is InChI=1S/C12H22N4O2S/c1-10(2)7-8-13-11-5-6-12(14-9-11)15-19(17,18)16(3)4/h5-6,9-10,13H,7-8H2,1-4H3,(H,14,15). The highest BCUT2D eigenvalue weighted by molar-refractivity contribution is 7.90. The summed E-state index contributed by atoms with van der Waals surface area (Å²) in [4.78, 5) is 4.06. The van der Waals surface area contributed by atoms with Crippen molar-refractivity contribution < 1.29 is 8.42 Å². The van der Waals surface area contributed by atoms with E-state index in [0.717, 1.165) is 23.0 Å². The van der Waals surface area contributed by atoms with Gasteiger partial charge in [-0.3, -0.25) is 4.72 Å². The molecule has 0 bridgehead atoms. The lowest BCUT2D eigenvalue weighted by Crippen LogP contribution is -2.29. The summed E-state index contributed by atoms with van der Waals surface area (Å²) in [6.45, 7) is 5.21. The van der Waals surface area contributed by atoms with E-state index in [9.17, 15) is 8.42 Å². The molecule has 0 atom stereocenters. The fourth-order valence-electron chi connectivity index (χ4n) is 1.29. The van der Waals surface area contributed by atoms with Crippen LogP contribution in [0, 0.1) is 5.92 Å². The van der Waals surface area contributed by atoms with Gasteiger partial charge in [0.1, 0.15) is 5.82 Å². The Hall–Kier alpha value is -1.34. The molecule has 0 saturated heterocycles. The highest BCUT2D eigenvalue weighted by Gasteiger charge is 2.13. The molecule has 0 aliphatic carbocycles. The molecular weight excluding hydrogens is 264 g/mol.